The summed E-state index contributed by atoms with van der Waals surface area (Å²) in [7, 11) is -3.30. The maximum atomic E-state index is 12.2. The second kappa shape index (κ2) is 5.59. The second-order valence-corrected chi connectivity index (χ2v) is 7.73. The van der Waals surface area contributed by atoms with Crippen molar-refractivity contribution in [2.45, 2.75) is 17.1 Å². The Morgan fingerprint density at radius 2 is 2.17 bits per heavy atom. The lowest BCUT2D eigenvalue weighted by atomic mass is 10.2. The van der Waals surface area contributed by atoms with E-state index >= 15 is 0 Å². The molecule has 0 saturated heterocycles. The molecule has 100 valence electrons. The van der Waals surface area contributed by atoms with Crippen molar-refractivity contribution in [3.63, 3.8) is 0 Å². The van der Waals surface area contributed by atoms with E-state index in [-0.39, 0.29) is 22.4 Å². The van der Waals surface area contributed by atoms with Crippen molar-refractivity contribution in [3.8, 4) is 0 Å². The Bertz CT molecular complexity index is 538. The Balaban J connectivity index is 2.23. The Morgan fingerprint density at radius 3 is 2.89 bits per heavy atom. The molecule has 2 rings (SSSR count). The molecule has 0 bridgehead atoms. The molecule has 0 radical (unpaired) electrons. The molecular weight excluding hydrogens is 294 g/mol. The fraction of sp³-hybridized carbons (Fsp3) is 0.545. The molecule has 0 N–H and O–H groups in total. The highest BCUT2D eigenvalue weighted by molar-refractivity contribution is 7.93. The zero-order valence-electron chi connectivity index (χ0n) is 9.76. The highest BCUT2D eigenvalue weighted by Crippen LogP contribution is 2.28. The maximum Gasteiger partial charge on any atom is 0.256 e. The van der Waals surface area contributed by atoms with Gasteiger partial charge in [-0.25, -0.2) is 8.42 Å². The van der Waals surface area contributed by atoms with E-state index < -0.39 is 9.84 Å². The highest BCUT2D eigenvalue weighted by atomic mass is 35.5. The van der Waals surface area contributed by atoms with Crippen LogP contribution in [0.15, 0.2) is 15.7 Å². The van der Waals surface area contributed by atoms with Crippen molar-refractivity contribution in [3.05, 3.63) is 17.0 Å². The standard InChI is InChI=1S/C11H14ClNO3S2/c12-4-1-2-5-13-6-8-18(15,16)11-9(10(13)14)3-7-17-11/h3,7H,1-2,4-6,8H2. The average Bonchev–Trinajstić information content (AvgIpc) is 2.79. The number of carbonyl (C=O) groups is 1. The topological polar surface area (TPSA) is 54.5 Å². The Morgan fingerprint density at radius 1 is 1.39 bits per heavy atom. The number of sulfone groups is 1. The first-order valence-electron chi connectivity index (χ1n) is 5.72. The van der Waals surface area contributed by atoms with Gasteiger partial charge in [-0.3, -0.25) is 4.79 Å². The molecule has 0 spiro atoms. The molecule has 1 aliphatic rings. The normalized spacial score (nSPS) is 18.5. The van der Waals surface area contributed by atoms with Gasteiger partial charge in [0, 0.05) is 19.0 Å². The van der Waals surface area contributed by atoms with E-state index in [9.17, 15) is 13.2 Å². The maximum absolute atomic E-state index is 12.2. The number of halogens is 1. The van der Waals surface area contributed by atoms with E-state index in [1.54, 1.807) is 16.3 Å². The van der Waals surface area contributed by atoms with Gasteiger partial charge in [0.15, 0.2) is 9.84 Å². The minimum Gasteiger partial charge on any atom is -0.338 e. The van der Waals surface area contributed by atoms with Crippen LogP contribution < -0.4 is 0 Å². The molecule has 2 heterocycles. The quantitative estimate of drug-likeness (QED) is 0.631. The highest BCUT2D eigenvalue weighted by Gasteiger charge is 2.31. The van der Waals surface area contributed by atoms with Crippen molar-refractivity contribution in [1.29, 1.82) is 0 Å². The smallest absolute Gasteiger partial charge is 0.256 e. The monoisotopic (exact) mass is 307 g/mol. The summed E-state index contributed by atoms with van der Waals surface area (Å²) in [5, 5.41) is 1.66. The molecule has 1 aromatic heterocycles. The number of unbranched alkanes of at least 4 members (excludes halogenated alkanes) is 1. The predicted molar refractivity (Wildman–Crippen MR) is 72.2 cm³/mol. The number of hydrogen-bond acceptors (Lipinski definition) is 4. The summed E-state index contributed by atoms with van der Waals surface area (Å²) < 4.78 is 24.2. The predicted octanol–water partition coefficient (Wildman–Crippen LogP) is 2.00. The Kier molecular flexibility index (Phi) is 4.29. The van der Waals surface area contributed by atoms with Crippen LogP contribution >= 0.6 is 22.9 Å². The van der Waals surface area contributed by atoms with E-state index in [2.05, 4.69) is 0 Å². The molecule has 1 amide bonds. The molecule has 0 unspecified atom stereocenters. The van der Waals surface area contributed by atoms with Gasteiger partial charge in [-0.2, -0.15) is 0 Å². The van der Waals surface area contributed by atoms with Crippen molar-refractivity contribution < 1.29 is 13.2 Å². The Hall–Kier alpha value is -0.590. The van der Waals surface area contributed by atoms with Gasteiger partial charge in [0.1, 0.15) is 4.21 Å². The van der Waals surface area contributed by atoms with Crippen LogP contribution in [0.4, 0.5) is 0 Å². The number of hydrogen-bond donors (Lipinski definition) is 0. The summed E-state index contributed by atoms with van der Waals surface area (Å²) in [5.41, 5.74) is 0.323. The van der Waals surface area contributed by atoms with Crippen LogP contribution in [0.5, 0.6) is 0 Å². The van der Waals surface area contributed by atoms with Gasteiger partial charge in [0.05, 0.1) is 11.3 Å². The summed E-state index contributed by atoms with van der Waals surface area (Å²) in [5.74, 6) is 0.388. The van der Waals surface area contributed by atoms with Gasteiger partial charge in [-0.1, -0.05) is 0 Å². The van der Waals surface area contributed by atoms with Crippen LogP contribution in [0.25, 0.3) is 0 Å². The van der Waals surface area contributed by atoms with Gasteiger partial charge in [-0.05, 0) is 24.3 Å². The second-order valence-electron chi connectivity index (χ2n) is 4.13. The van der Waals surface area contributed by atoms with E-state index in [0.29, 0.717) is 18.0 Å². The summed E-state index contributed by atoms with van der Waals surface area (Å²) in [4.78, 5) is 13.8. The van der Waals surface area contributed by atoms with Gasteiger partial charge < -0.3 is 4.90 Å². The fourth-order valence-electron chi connectivity index (χ4n) is 1.90. The SMILES string of the molecule is O=C1c2ccsc2S(=O)(=O)CCN1CCCCCl. The Labute approximate surface area is 115 Å². The van der Waals surface area contributed by atoms with Crippen LogP contribution in [-0.4, -0.2) is 43.9 Å². The zero-order chi connectivity index (χ0) is 13.2. The molecule has 0 saturated carbocycles. The van der Waals surface area contributed by atoms with Crippen LogP contribution in [-0.2, 0) is 9.84 Å². The van der Waals surface area contributed by atoms with Crippen LogP contribution in [0.3, 0.4) is 0 Å². The number of thiophene rings is 1. The molecule has 18 heavy (non-hydrogen) atoms. The minimum absolute atomic E-state index is 0.00707. The zero-order valence-corrected chi connectivity index (χ0v) is 12.2. The molecule has 0 aliphatic carbocycles. The fourth-order valence-corrected chi connectivity index (χ4v) is 4.84. The summed E-state index contributed by atoms with van der Waals surface area (Å²) in [6, 6.07) is 1.60. The largest absolute Gasteiger partial charge is 0.338 e. The average molecular weight is 308 g/mol. The number of fused-ring (bicyclic) bond motifs is 1. The van der Waals surface area contributed by atoms with Crippen LogP contribution in [0.2, 0.25) is 0 Å². The van der Waals surface area contributed by atoms with E-state index in [4.69, 9.17) is 11.6 Å². The van der Waals surface area contributed by atoms with E-state index in [0.717, 1.165) is 24.2 Å². The first-order chi connectivity index (χ1) is 8.56. The lowest BCUT2D eigenvalue weighted by Gasteiger charge is -2.19. The molecule has 1 aromatic rings. The molecule has 4 nitrogen and oxygen atoms in total. The molecular formula is C11H14ClNO3S2. The van der Waals surface area contributed by atoms with Gasteiger partial charge in [0.25, 0.3) is 5.91 Å². The van der Waals surface area contributed by atoms with Gasteiger partial charge in [-0.15, -0.1) is 22.9 Å². The van der Waals surface area contributed by atoms with E-state index in [1.807, 2.05) is 0 Å². The summed E-state index contributed by atoms with van der Waals surface area (Å²) in [6.07, 6.45) is 1.63. The van der Waals surface area contributed by atoms with Crippen molar-refractivity contribution in [2.24, 2.45) is 0 Å². The minimum atomic E-state index is -3.30. The molecule has 7 heteroatoms. The van der Waals surface area contributed by atoms with Crippen LogP contribution in [0, 0.1) is 0 Å². The third kappa shape index (κ3) is 2.70. The lowest BCUT2D eigenvalue weighted by Crippen LogP contribution is -2.33. The number of carbonyl (C=O) groups excluding carboxylic acids is 1. The molecule has 0 atom stereocenters. The lowest BCUT2D eigenvalue weighted by molar-refractivity contribution is 0.0764. The number of rotatable bonds is 4. The summed E-state index contributed by atoms with van der Waals surface area (Å²) >= 11 is 6.72. The number of amides is 1. The molecule has 0 fully saturated rings. The molecule has 1 aliphatic heterocycles. The van der Waals surface area contributed by atoms with Crippen molar-refractivity contribution in [2.75, 3.05) is 24.7 Å². The van der Waals surface area contributed by atoms with E-state index in [1.165, 1.54) is 0 Å². The third-order valence-corrected chi connectivity index (χ3v) is 6.40. The van der Waals surface area contributed by atoms with Crippen molar-refractivity contribution in [1.82, 2.24) is 4.90 Å². The summed E-state index contributed by atoms with van der Waals surface area (Å²) in [6.45, 7) is 0.835. The molecule has 0 aromatic carbocycles. The van der Waals surface area contributed by atoms with Gasteiger partial charge in [0.2, 0.25) is 0 Å². The first kappa shape index (κ1) is 13.8. The van der Waals surface area contributed by atoms with Gasteiger partial charge >= 0.3 is 0 Å². The van der Waals surface area contributed by atoms with Crippen LogP contribution in [0.1, 0.15) is 23.2 Å². The first-order valence-corrected chi connectivity index (χ1v) is 8.78. The third-order valence-electron chi connectivity index (χ3n) is 2.87. The number of nitrogens with zero attached hydrogens (tertiary/aromatic N) is 1. The van der Waals surface area contributed by atoms with Crippen molar-refractivity contribution >= 4 is 38.7 Å². The number of alkyl halides is 1.